The number of nitrogens with two attached hydrogens (primary N) is 1. The maximum atomic E-state index is 11.7. The second-order valence-corrected chi connectivity index (χ2v) is 2.80. The molecule has 72 valence electrons. The van der Waals surface area contributed by atoms with Crippen LogP contribution < -0.4 is 10.5 Å². The van der Waals surface area contributed by atoms with E-state index in [1.54, 1.807) is 0 Å². The zero-order valence-electron chi connectivity index (χ0n) is 6.64. The van der Waals surface area contributed by atoms with Gasteiger partial charge in [0.25, 0.3) is 6.43 Å². The highest BCUT2D eigenvalue weighted by Crippen LogP contribution is 2.26. The zero-order chi connectivity index (χ0) is 9.84. The Bertz CT molecular complexity index is 293. The molecule has 13 heavy (non-hydrogen) atoms. The molecule has 5 heteroatoms. The maximum absolute atomic E-state index is 11.7. The lowest BCUT2D eigenvalue weighted by Gasteiger charge is -2.07. The average molecular weight is 208 g/mol. The third-order valence-electron chi connectivity index (χ3n) is 1.32. The predicted octanol–water partition coefficient (Wildman–Crippen LogP) is 2.57. The predicted molar refractivity (Wildman–Crippen MR) is 47.4 cm³/mol. The Morgan fingerprint density at radius 1 is 1.46 bits per heavy atom. The van der Waals surface area contributed by atoms with Crippen molar-refractivity contribution in [3.8, 4) is 5.75 Å². The van der Waals surface area contributed by atoms with Gasteiger partial charge in [0.2, 0.25) is 0 Å². The molecule has 0 aliphatic heterocycles. The standard InChI is InChI=1S/C8H8ClF2NO/c9-6-3-5(12)1-2-7(6)13-4-8(10)11/h1-3,8H,4,12H2. The minimum absolute atomic E-state index is 0.219. The van der Waals surface area contributed by atoms with E-state index in [1.165, 1.54) is 18.2 Å². The van der Waals surface area contributed by atoms with Crippen LogP contribution in [0.4, 0.5) is 14.5 Å². The number of hydrogen-bond acceptors (Lipinski definition) is 2. The van der Waals surface area contributed by atoms with E-state index in [0.29, 0.717) is 5.69 Å². The van der Waals surface area contributed by atoms with Crippen LogP contribution in [0, 0.1) is 0 Å². The molecule has 0 heterocycles. The maximum Gasteiger partial charge on any atom is 0.272 e. The molecule has 0 unspecified atom stereocenters. The Hall–Kier alpha value is -1.03. The van der Waals surface area contributed by atoms with E-state index in [9.17, 15) is 8.78 Å². The first-order valence-electron chi connectivity index (χ1n) is 3.55. The smallest absolute Gasteiger partial charge is 0.272 e. The van der Waals surface area contributed by atoms with E-state index >= 15 is 0 Å². The van der Waals surface area contributed by atoms with Gasteiger partial charge in [0.05, 0.1) is 5.02 Å². The first kappa shape index (κ1) is 10.1. The molecule has 0 aliphatic carbocycles. The van der Waals surface area contributed by atoms with Gasteiger partial charge in [-0.2, -0.15) is 0 Å². The van der Waals surface area contributed by atoms with Gasteiger partial charge in [-0.15, -0.1) is 0 Å². The average Bonchev–Trinajstić information content (AvgIpc) is 2.02. The first-order chi connectivity index (χ1) is 6.09. The second kappa shape index (κ2) is 4.28. The van der Waals surface area contributed by atoms with E-state index in [1.807, 2.05) is 0 Å². The van der Waals surface area contributed by atoms with Crippen LogP contribution in [0.1, 0.15) is 0 Å². The molecule has 0 amide bonds. The van der Waals surface area contributed by atoms with Gasteiger partial charge in [-0.1, -0.05) is 11.6 Å². The monoisotopic (exact) mass is 207 g/mol. The molecule has 1 aromatic carbocycles. The minimum Gasteiger partial charge on any atom is -0.486 e. The van der Waals surface area contributed by atoms with Crippen LogP contribution in [0.2, 0.25) is 5.02 Å². The topological polar surface area (TPSA) is 35.2 Å². The van der Waals surface area contributed by atoms with Crippen LogP contribution in [-0.4, -0.2) is 13.0 Å². The summed E-state index contributed by atoms with van der Waals surface area (Å²) < 4.78 is 28.2. The molecule has 0 atom stereocenters. The molecule has 1 rings (SSSR count). The molecule has 0 bridgehead atoms. The van der Waals surface area contributed by atoms with Crippen molar-refractivity contribution >= 4 is 17.3 Å². The second-order valence-electron chi connectivity index (χ2n) is 2.39. The van der Waals surface area contributed by atoms with Crippen LogP contribution >= 0.6 is 11.6 Å². The lowest BCUT2D eigenvalue weighted by atomic mass is 10.3. The normalized spacial score (nSPS) is 10.5. The molecule has 0 aliphatic rings. The van der Waals surface area contributed by atoms with Gasteiger partial charge in [-0.05, 0) is 18.2 Å². The molecule has 0 aromatic heterocycles. The number of alkyl halides is 2. The minimum atomic E-state index is -2.51. The number of hydrogen-bond donors (Lipinski definition) is 1. The van der Waals surface area contributed by atoms with E-state index in [2.05, 4.69) is 0 Å². The molecular weight excluding hydrogens is 200 g/mol. The summed E-state index contributed by atoms with van der Waals surface area (Å²) in [4.78, 5) is 0. The van der Waals surface area contributed by atoms with Gasteiger partial charge in [-0.3, -0.25) is 0 Å². The summed E-state index contributed by atoms with van der Waals surface area (Å²) in [6.07, 6.45) is -2.51. The third-order valence-corrected chi connectivity index (χ3v) is 1.62. The fourth-order valence-electron chi connectivity index (χ4n) is 0.787. The molecule has 0 radical (unpaired) electrons. The van der Waals surface area contributed by atoms with E-state index in [0.717, 1.165) is 0 Å². The summed E-state index contributed by atoms with van der Waals surface area (Å²) in [6.45, 7) is -0.663. The van der Waals surface area contributed by atoms with Crippen molar-refractivity contribution in [3.05, 3.63) is 23.2 Å². The molecular formula is C8H8ClF2NO. The first-order valence-corrected chi connectivity index (χ1v) is 3.93. The van der Waals surface area contributed by atoms with Crippen molar-refractivity contribution < 1.29 is 13.5 Å². The van der Waals surface area contributed by atoms with Crippen molar-refractivity contribution in [2.24, 2.45) is 0 Å². The van der Waals surface area contributed by atoms with Crippen LogP contribution in [0.25, 0.3) is 0 Å². The molecule has 0 spiro atoms. The number of benzene rings is 1. The summed E-state index contributed by atoms with van der Waals surface area (Å²) in [7, 11) is 0. The largest absolute Gasteiger partial charge is 0.486 e. The van der Waals surface area contributed by atoms with Crippen LogP contribution in [0.3, 0.4) is 0 Å². The van der Waals surface area contributed by atoms with Gasteiger partial charge in [-0.25, -0.2) is 8.78 Å². The lowest BCUT2D eigenvalue weighted by molar-refractivity contribution is 0.0820. The number of halogens is 3. The highest BCUT2D eigenvalue weighted by molar-refractivity contribution is 6.32. The summed E-state index contributed by atoms with van der Waals surface area (Å²) in [6, 6.07) is 4.44. The molecule has 0 saturated carbocycles. The Kier molecular flexibility index (Phi) is 3.31. The molecule has 2 nitrogen and oxygen atoms in total. The number of rotatable bonds is 3. The quantitative estimate of drug-likeness (QED) is 0.774. The highest BCUT2D eigenvalue weighted by Gasteiger charge is 2.06. The van der Waals surface area contributed by atoms with Gasteiger partial charge in [0.1, 0.15) is 12.4 Å². The van der Waals surface area contributed by atoms with Gasteiger partial charge in [0.15, 0.2) is 0 Å². The Morgan fingerprint density at radius 2 is 2.15 bits per heavy atom. The van der Waals surface area contributed by atoms with Crippen molar-refractivity contribution in [2.75, 3.05) is 12.3 Å². The molecule has 0 saturated heterocycles. The van der Waals surface area contributed by atoms with Crippen LogP contribution in [-0.2, 0) is 0 Å². The Balaban J connectivity index is 2.67. The van der Waals surface area contributed by atoms with Crippen molar-refractivity contribution in [3.63, 3.8) is 0 Å². The summed E-state index contributed by atoms with van der Waals surface area (Å²) in [5, 5.41) is 0.237. The molecule has 0 fully saturated rings. The van der Waals surface area contributed by atoms with E-state index in [4.69, 9.17) is 22.1 Å². The number of ether oxygens (including phenoxy) is 1. The Labute approximate surface area is 79.2 Å². The Morgan fingerprint density at radius 3 is 2.69 bits per heavy atom. The van der Waals surface area contributed by atoms with Gasteiger partial charge in [0, 0.05) is 5.69 Å². The van der Waals surface area contributed by atoms with E-state index < -0.39 is 13.0 Å². The van der Waals surface area contributed by atoms with Gasteiger partial charge < -0.3 is 10.5 Å². The van der Waals surface area contributed by atoms with Crippen LogP contribution in [0.15, 0.2) is 18.2 Å². The fraction of sp³-hybridized carbons (Fsp3) is 0.250. The van der Waals surface area contributed by atoms with Crippen LogP contribution in [0.5, 0.6) is 5.75 Å². The van der Waals surface area contributed by atoms with E-state index in [-0.39, 0.29) is 10.8 Å². The number of nitrogen functional groups attached to an aromatic ring is 1. The highest BCUT2D eigenvalue weighted by atomic mass is 35.5. The molecule has 1 aromatic rings. The van der Waals surface area contributed by atoms with Gasteiger partial charge >= 0.3 is 0 Å². The van der Waals surface area contributed by atoms with Crippen molar-refractivity contribution in [1.82, 2.24) is 0 Å². The summed E-state index contributed by atoms with van der Waals surface area (Å²) >= 11 is 5.66. The lowest BCUT2D eigenvalue weighted by Crippen LogP contribution is -2.07. The summed E-state index contributed by atoms with van der Waals surface area (Å²) in [5.41, 5.74) is 5.86. The van der Waals surface area contributed by atoms with Crippen molar-refractivity contribution in [2.45, 2.75) is 6.43 Å². The molecule has 2 N–H and O–H groups in total. The zero-order valence-corrected chi connectivity index (χ0v) is 7.39. The van der Waals surface area contributed by atoms with Crippen molar-refractivity contribution in [1.29, 1.82) is 0 Å². The SMILES string of the molecule is Nc1ccc(OCC(F)F)c(Cl)c1. The third kappa shape index (κ3) is 3.06. The number of anilines is 1. The summed E-state index contributed by atoms with van der Waals surface area (Å²) in [5.74, 6) is 0.219. The fourth-order valence-corrected chi connectivity index (χ4v) is 1.03.